The highest BCUT2D eigenvalue weighted by Crippen LogP contribution is 2.18. The number of hydrogen-bond donors (Lipinski definition) is 0. The van der Waals surface area contributed by atoms with E-state index in [0.717, 1.165) is 96.3 Å². The lowest BCUT2D eigenvalue weighted by atomic mass is 10.0. The van der Waals surface area contributed by atoms with Crippen LogP contribution in [-0.4, -0.2) is 37.2 Å². The van der Waals surface area contributed by atoms with E-state index in [1.54, 1.807) is 0 Å². The monoisotopic (exact) mass is 1030 g/mol. The molecule has 0 rings (SSSR count). The van der Waals surface area contributed by atoms with Gasteiger partial charge in [0.1, 0.15) is 13.2 Å². The van der Waals surface area contributed by atoms with Crippen LogP contribution in [0.1, 0.15) is 335 Å². The molecule has 0 aliphatic carbocycles. The molecule has 0 saturated carbocycles. The van der Waals surface area contributed by atoms with E-state index in [9.17, 15) is 14.4 Å². The molecule has 0 amide bonds. The molecule has 1 unspecified atom stereocenters. The Kier molecular flexibility index (Phi) is 60.2. The van der Waals surface area contributed by atoms with Crippen LogP contribution < -0.4 is 0 Å². The van der Waals surface area contributed by atoms with Crippen LogP contribution in [-0.2, 0) is 28.6 Å². The molecule has 1 atom stereocenters. The lowest BCUT2D eigenvalue weighted by Gasteiger charge is -2.18. The Labute approximate surface area is 460 Å². The first-order chi connectivity index (χ1) is 36.5. The number of rotatable bonds is 59. The lowest BCUT2D eigenvalue weighted by molar-refractivity contribution is -0.167. The summed E-state index contributed by atoms with van der Waals surface area (Å²) >= 11 is 0. The Morgan fingerprint density at radius 3 is 0.824 bits per heavy atom. The van der Waals surface area contributed by atoms with Gasteiger partial charge in [0.25, 0.3) is 0 Å². The fraction of sp³-hybridized carbons (Fsp3) is 0.809. The Bertz CT molecular complexity index is 1330. The van der Waals surface area contributed by atoms with Gasteiger partial charge in [-0.2, -0.15) is 0 Å². The molecule has 0 radical (unpaired) electrons. The second kappa shape index (κ2) is 62.6. The highest BCUT2D eigenvalue weighted by Gasteiger charge is 2.19. The minimum atomic E-state index is -0.787. The maximum absolute atomic E-state index is 12.8. The maximum Gasteiger partial charge on any atom is 0.306 e. The second-order valence-corrected chi connectivity index (χ2v) is 21.7. The summed E-state index contributed by atoms with van der Waals surface area (Å²) in [5.74, 6) is -0.914. The molecule has 0 aliphatic heterocycles. The van der Waals surface area contributed by atoms with Crippen LogP contribution >= 0.6 is 0 Å². The van der Waals surface area contributed by atoms with E-state index in [4.69, 9.17) is 14.2 Å². The van der Waals surface area contributed by atoms with Crippen LogP contribution in [0.3, 0.4) is 0 Å². The minimum Gasteiger partial charge on any atom is -0.462 e. The highest BCUT2D eigenvalue weighted by atomic mass is 16.6. The van der Waals surface area contributed by atoms with Crippen molar-refractivity contribution in [3.8, 4) is 0 Å². The van der Waals surface area contributed by atoms with E-state index >= 15 is 0 Å². The van der Waals surface area contributed by atoms with Gasteiger partial charge in [-0.3, -0.25) is 14.4 Å². The fourth-order valence-electron chi connectivity index (χ4n) is 9.47. The number of hydrogen-bond acceptors (Lipinski definition) is 6. The van der Waals surface area contributed by atoms with Crippen molar-refractivity contribution in [1.82, 2.24) is 0 Å². The molecule has 0 saturated heterocycles. The molecule has 0 aromatic carbocycles. The van der Waals surface area contributed by atoms with Crippen molar-refractivity contribution in [2.24, 2.45) is 0 Å². The van der Waals surface area contributed by atoms with E-state index in [1.165, 1.54) is 199 Å². The van der Waals surface area contributed by atoms with Crippen LogP contribution in [0.2, 0.25) is 0 Å². The van der Waals surface area contributed by atoms with Gasteiger partial charge in [-0.05, 0) is 64.2 Å². The predicted molar refractivity (Wildman–Crippen MR) is 321 cm³/mol. The van der Waals surface area contributed by atoms with Crippen LogP contribution in [0.15, 0.2) is 60.8 Å². The number of allylic oxidation sites excluding steroid dienone is 10. The van der Waals surface area contributed by atoms with Gasteiger partial charge in [0.15, 0.2) is 6.10 Å². The Hall–Kier alpha value is -2.89. The molecule has 0 spiro atoms. The maximum atomic E-state index is 12.8. The number of carbonyl (C=O) groups excluding carboxylic acids is 3. The van der Waals surface area contributed by atoms with Gasteiger partial charge in [-0.25, -0.2) is 0 Å². The zero-order valence-corrected chi connectivity index (χ0v) is 49.4. The fourth-order valence-corrected chi connectivity index (χ4v) is 9.47. The summed E-state index contributed by atoms with van der Waals surface area (Å²) in [6.45, 7) is 6.48. The van der Waals surface area contributed by atoms with Gasteiger partial charge < -0.3 is 14.2 Å². The number of carbonyl (C=O) groups is 3. The zero-order valence-electron chi connectivity index (χ0n) is 49.4. The molecular formula is C68H122O6. The summed E-state index contributed by atoms with van der Waals surface area (Å²) in [5, 5.41) is 0. The molecule has 0 aliphatic rings. The van der Waals surface area contributed by atoms with Crippen molar-refractivity contribution in [3.63, 3.8) is 0 Å². The topological polar surface area (TPSA) is 78.9 Å². The van der Waals surface area contributed by atoms with E-state index in [0.29, 0.717) is 19.3 Å². The third-order valence-electron chi connectivity index (χ3n) is 14.3. The van der Waals surface area contributed by atoms with Gasteiger partial charge >= 0.3 is 17.9 Å². The summed E-state index contributed by atoms with van der Waals surface area (Å²) < 4.78 is 16.8. The van der Waals surface area contributed by atoms with Gasteiger partial charge in [-0.15, -0.1) is 0 Å². The molecule has 430 valence electrons. The molecule has 74 heavy (non-hydrogen) atoms. The first-order valence-electron chi connectivity index (χ1n) is 32.3. The third kappa shape index (κ3) is 60.0. The van der Waals surface area contributed by atoms with E-state index in [2.05, 4.69) is 81.5 Å². The van der Waals surface area contributed by atoms with Gasteiger partial charge in [0.05, 0.1) is 0 Å². The Balaban J connectivity index is 4.01. The predicted octanol–water partition coefficient (Wildman–Crippen LogP) is 21.9. The Morgan fingerprint density at radius 2 is 0.527 bits per heavy atom. The minimum absolute atomic E-state index is 0.0848. The van der Waals surface area contributed by atoms with Crippen molar-refractivity contribution < 1.29 is 28.6 Å². The van der Waals surface area contributed by atoms with E-state index in [-0.39, 0.29) is 31.1 Å². The van der Waals surface area contributed by atoms with Crippen molar-refractivity contribution in [3.05, 3.63) is 60.8 Å². The summed E-state index contributed by atoms with van der Waals surface area (Å²) in [6, 6.07) is 0. The van der Waals surface area contributed by atoms with Crippen LogP contribution in [0.25, 0.3) is 0 Å². The quantitative estimate of drug-likeness (QED) is 0.0261. The molecule has 6 heteroatoms. The van der Waals surface area contributed by atoms with Crippen LogP contribution in [0.4, 0.5) is 0 Å². The number of unbranched alkanes of at least 4 members (excludes halogenated alkanes) is 38. The van der Waals surface area contributed by atoms with Gasteiger partial charge in [0, 0.05) is 19.3 Å². The number of ether oxygens (including phenoxy) is 3. The zero-order chi connectivity index (χ0) is 53.6. The molecular weight excluding hydrogens is 913 g/mol. The summed E-state index contributed by atoms with van der Waals surface area (Å²) in [5.41, 5.74) is 0. The number of esters is 3. The molecule has 0 fully saturated rings. The van der Waals surface area contributed by atoms with Crippen LogP contribution in [0, 0.1) is 0 Å². The molecule has 6 nitrogen and oxygen atoms in total. The third-order valence-corrected chi connectivity index (χ3v) is 14.3. The highest BCUT2D eigenvalue weighted by molar-refractivity contribution is 5.71. The average Bonchev–Trinajstić information content (AvgIpc) is 3.40. The summed E-state index contributed by atoms with van der Waals surface area (Å²) in [6.07, 6.45) is 80.1. The first-order valence-corrected chi connectivity index (χ1v) is 32.3. The van der Waals surface area contributed by atoms with Gasteiger partial charge in [-0.1, -0.05) is 313 Å². The van der Waals surface area contributed by atoms with E-state index in [1.807, 2.05) is 0 Å². The van der Waals surface area contributed by atoms with Crippen molar-refractivity contribution in [1.29, 1.82) is 0 Å². The van der Waals surface area contributed by atoms with Crippen LogP contribution in [0.5, 0.6) is 0 Å². The molecule has 0 aromatic rings. The molecule has 0 heterocycles. The van der Waals surface area contributed by atoms with E-state index < -0.39 is 6.10 Å². The van der Waals surface area contributed by atoms with Gasteiger partial charge in [0.2, 0.25) is 0 Å². The average molecular weight is 1040 g/mol. The smallest absolute Gasteiger partial charge is 0.306 e. The largest absolute Gasteiger partial charge is 0.462 e. The Morgan fingerprint density at radius 1 is 0.284 bits per heavy atom. The second-order valence-electron chi connectivity index (χ2n) is 21.7. The first kappa shape index (κ1) is 71.1. The lowest BCUT2D eigenvalue weighted by Crippen LogP contribution is -2.30. The summed E-state index contributed by atoms with van der Waals surface area (Å²) in [7, 11) is 0. The van der Waals surface area contributed by atoms with Crippen molar-refractivity contribution >= 4 is 17.9 Å². The van der Waals surface area contributed by atoms with Crippen molar-refractivity contribution in [2.75, 3.05) is 13.2 Å². The molecule has 0 bridgehead atoms. The normalized spacial score (nSPS) is 12.4. The van der Waals surface area contributed by atoms with Crippen molar-refractivity contribution in [2.45, 2.75) is 341 Å². The SMILES string of the molecule is CC/C=C\C/C=C\C/C=C\C/C=C\C/C=C\CCCCCC(=O)OC(COC(=O)CCCCCCCC)COC(=O)CCCCCCCCCCCCCCCCCCCCCCCCCCCCCCCCC. The standard InChI is InChI=1S/C68H122O6/c1-4-7-10-13-16-18-20-22-24-26-28-29-30-31-32-33-34-35-36-37-38-39-41-42-44-46-48-50-52-55-58-61-67(70)73-64-65(63-72-66(69)60-57-54-15-12-9-6-3)74-68(71)62-59-56-53-51-49-47-45-43-40-27-25-23-21-19-17-14-11-8-5-2/h8,11,17,19,23,25,40,43,47,49,65H,4-7,9-10,12-16,18,20-22,24,26-39,41-42,44-46,48,50-64H2,1-3H3/b11-8-,19-17-,25-23-,43-40-,49-47-. The molecule has 0 N–H and O–H groups in total. The molecule has 0 aromatic heterocycles. The summed E-state index contributed by atoms with van der Waals surface area (Å²) in [4.78, 5) is 37.9.